The summed E-state index contributed by atoms with van der Waals surface area (Å²) >= 11 is 1.08. The summed E-state index contributed by atoms with van der Waals surface area (Å²) in [5.74, 6) is 0.763. The number of nitriles is 1. The molecule has 0 spiro atoms. The van der Waals surface area contributed by atoms with E-state index in [9.17, 15) is 15.4 Å². The Bertz CT molecular complexity index is 1650. The standard InChI is InChI=1S/C28H24N8O2S/c1-4-9-20(5-2)31-26-23(17-29)18(3)25(27(32-26)30-15-14-19-10-7-6-8-11-19)33-34-28-22-16-21(36(37)38)12-13-24(22)35-39-28/h4-13,16H,1-2,14-15H2,3H3,(H2,30,31,32)/b20-9+,34-33?. The Labute approximate surface area is 229 Å². The van der Waals surface area contributed by atoms with Gasteiger partial charge in [-0.1, -0.05) is 49.6 Å². The molecule has 11 heteroatoms. The van der Waals surface area contributed by atoms with Gasteiger partial charge in [0, 0.05) is 35.3 Å². The predicted octanol–water partition coefficient (Wildman–Crippen LogP) is 7.52. The van der Waals surface area contributed by atoms with Crippen molar-refractivity contribution in [2.24, 2.45) is 10.2 Å². The van der Waals surface area contributed by atoms with Crippen molar-refractivity contribution in [1.82, 2.24) is 9.36 Å². The van der Waals surface area contributed by atoms with Gasteiger partial charge in [0.15, 0.2) is 16.6 Å². The molecule has 0 saturated carbocycles. The summed E-state index contributed by atoms with van der Waals surface area (Å²) < 4.78 is 4.31. The fourth-order valence-electron chi connectivity index (χ4n) is 3.76. The molecule has 0 amide bonds. The SMILES string of the molecule is C=C/C=C(\C=C)Nc1nc(NCCc2ccccc2)c(N=Nc2snc3ccc([N+](=O)[O-])cc23)c(C)c1C#N. The minimum Gasteiger partial charge on any atom is -0.368 e. The fraction of sp³-hybridized carbons (Fsp3) is 0.107. The van der Waals surface area contributed by atoms with Gasteiger partial charge in [0.1, 0.15) is 11.8 Å². The molecule has 10 nitrogen and oxygen atoms in total. The number of hydrogen-bond donors (Lipinski definition) is 2. The number of azo groups is 1. The third-order valence-corrected chi connectivity index (χ3v) is 6.51. The molecule has 2 heterocycles. The third-order valence-electron chi connectivity index (χ3n) is 5.75. The average Bonchev–Trinajstić information content (AvgIpc) is 3.35. The topological polar surface area (TPSA) is 141 Å². The van der Waals surface area contributed by atoms with Crippen LogP contribution in [0.4, 0.5) is 28.0 Å². The van der Waals surface area contributed by atoms with E-state index in [1.54, 1.807) is 31.2 Å². The van der Waals surface area contributed by atoms with Crippen LogP contribution in [-0.4, -0.2) is 20.8 Å². The molecule has 0 bridgehead atoms. The molecule has 0 radical (unpaired) electrons. The molecular weight excluding hydrogens is 512 g/mol. The zero-order valence-corrected chi connectivity index (χ0v) is 21.9. The van der Waals surface area contributed by atoms with Crippen molar-refractivity contribution in [3.05, 3.63) is 112 Å². The van der Waals surface area contributed by atoms with Crippen LogP contribution in [0.5, 0.6) is 0 Å². The van der Waals surface area contributed by atoms with Crippen molar-refractivity contribution in [2.45, 2.75) is 13.3 Å². The summed E-state index contributed by atoms with van der Waals surface area (Å²) in [6.45, 7) is 9.82. The largest absolute Gasteiger partial charge is 0.368 e. The molecule has 0 aliphatic rings. The monoisotopic (exact) mass is 536 g/mol. The Morgan fingerprint density at radius 2 is 2.00 bits per heavy atom. The molecule has 2 N–H and O–H groups in total. The van der Waals surface area contributed by atoms with E-state index < -0.39 is 4.92 Å². The van der Waals surface area contributed by atoms with Gasteiger partial charge >= 0.3 is 0 Å². The number of rotatable bonds is 11. The summed E-state index contributed by atoms with van der Waals surface area (Å²) in [5.41, 5.74) is 3.52. The van der Waals surface area contributed by atoms with E-state index >= 15 is 0 Å². The van der Waals surface area contributed by atoms with Crippen LogP contribution in [0.1, 0.15) is 16.7 Å². The van der Waals surface area contributed by atoms with Crippen LogP contribution in [0, 0.1) is 28.4 Å². The van der Waals surface area contributed by atoms with Crippen molar-refractivity contribution in [2.75, 3.05) is 17.2 Å². The third kappa shape index (κ3) is 6.20. The lowest BCUT2D eigenvalue weighted by atomic mass is 10.1. The Morgan fingerprint density at radius 1 is 1.21 bits per heavy atom. The van der Waals surface area contributed by atoms with Gasteiger partial charge in [-0.25, -0.2) is 4.98 Å². The first-order valence-electron chi connectivity index (χ1n) is 11.9. The quantitative estimate of drug-likeness (QED) is 0.0873. The average molecular weight is 537 g/mol. The van der Waals surface area contributed by atoms with Gasteiger partial charge < -0.3 is 10.6 Å². The molecule has 2 aromatic carbocycles. The zero-order chi connectivity index (χ0) is 27.8. The number of nitrogens with zero attached hydrogens (tertiary/aromatic N) is 6. The highest BCUT2D eigenvalue weighted by molar-refractivity contribution is 7.11. The Hall–Kier alpha value is -5.21. The Morgan fingerprint density at radius 3 is 2.69 bits per heavy atom. The number of fused-ring (bicyclic) bond motifs is 1. The van der Waals surface area contributed by atoms with E-state index in [1.807, 2.05) is 30.3 Å². The van der Waals surface area contributed by atoms with Gasteiger partial charge in [-0.15, -0.1) is 10.2 Å². The molecule has 0 aliphatic carbocycles. The number of nitrogens with one attached hydrogen (secondary N) is 2. The first kappa shape index (κ1) is 26.8. The van der Waals surface area contributed by atoms with E-state index in [2.05, 4.69) is 49.4 Å². The van der Waals surface area contributed by atoms with Crippen LogP contribution in [0.2, 0.25) is 0 Å². The normalized spacial score (nSPS) is 11.3. The molecule has 0 fully saturated rings. The van der Waals surface area contributed by atoms with E-state index in [0.717, 1.165) is 23.5 Å². The van der Waals surface area contributed by atoms with Crippen molar-refractivity contribution in [1.29, 1.82) is 5.26 Å². The second-order valence-electron chi connectivity index (χ2n) is 8.26. The highest BCUT2D eigenvalue weighted by atomic mass is 32.1. The molecule has 0 atom stereocenters. The van der Waals surface area contributed by atoms with Crippen molar-refractivity contribution >= 4 is 50.4 Å². The van der Waals surface area contributed by atoms with E-state index in [1.165, 1.54) is 12.1 Å². The first-order chi connectivity index (χ1) is 18.9. The van der Waals surface area contributed by atoms with E-state index in [-0.39, 0.29) is 5.69 Å². The lowest BCUT2D eigenvalue weighted by Gasteiger charge is -2.16. The maximum Gasteiger partial charge on any atom is 0.270 e. The van der Waals surface area contributed by atoms with Gasteiger partial charge in [0.25, 0.3) is 5.69 Å². The van der Waals surface area contributed by atoms with Gasteiger partial charge in [-0.05, 0) is 48.7 Å². The summed E-state index contributed by atoms with van der Waals surface area (Å²) in [6, 6.07) is 16.6. The van der Waals surface area contributed by atoms with Crippen LogP contribution < -0.4 is 10.6 Å². The molecule has 4 aromatic rings. The van der Waals surface area contributed by atoms with E-state index in [4.69, 9.17) is 0 Å². The van der Waals surface area contributed by atoms with Crippen molar-refractivity contribution < 1.29 is 4.92 Å². The van der Waals surface area contributed by atoms with Crippen LogP contribution in [0.15, 0.2) is 95.8 Å². The molecule has 194 valence electrons. The van der Waals surface area contributed by atoms with Gasteiger partial charge in [-0.3, -0.25) is 10.1 Å². The Balaban J connectivity index is 1.76. The highest BCUT2D eigenvalue weighted by Gasteiger charge is 2.19. The number of aromatic nitrogens is 2. The summed E-state index contributed by atoms with van der Waals surface area (Å²) in [6.07, 6.45) is 5.66. The number of nitro benzene ring substituents is 1. The van der Waals surface area contributed by atoms with Crippen LogP contribution in [0.25, 0.3) is 10.9 Å². The number of nitro groups is 1. The van der Waals surface area contributed by atoms with Crippen LogP contribution >= 0.6 is 11.5 Å². The molecule has 0 unspecified atom stereocenters. The molecule has 2 aromatic heterocycles. The predicted molar refractivity (Wildman–Crippen MR) is 155 cm³/mol. The highest BCUT2D eigenvalue weighted by Crippen LogP contribution is 2.38. The second kappa shape index (κ2) is 12.4. The lowest BCUT2D eigenvalue weighted by Crippen LogP contribution is -2.10. The smallest absolute Gasteiger partial charge is 0.270 e. The number of hydrogen-bond acceptors (Lipinski definition) is 10. The van der Waals surface area contributed by atoms with Crippen molar-refractivity contribution in [3.8, 4) is 6.07 Å². The maximum absolute atomic E-state index is 11.3. The number of non-ortho nitro benzene ring substituents is 1. The second-order valence-corrected chi connectivity index (χ2v) is 9.02. The fourth-order valence-corrected chi connectivity index (χ4v) is 4.44. The van der Waals surface area contributed by atoms with Crippen molar-refractivity contribution in [3.63, 3.8) is 0 Å². The molecule has 39 heavy (non-hydrogen) atoms. The summed E-state index contributed by atoms with van der Waals surface area (Å²) in [5, 5.41) is 37.4. The van der Waals surface area contributed by atoms with Gasteiger partial charge in [0.05, 0.1) is 16.0 Å². The molecule has 4 rings (SSSR count). The summed E-state index contributed by atoms with van der Waals surface area (Å²) in [4.78, 5) is 15.5. The van der Waals surface area contributed by atoms with E-state index in [0.29, 0.717) is 56.6 Å². The summed E-state index contributed by atoms with van der Waals surface area (Å²) in [7, 11) is 0. The van der Waals surface area contributed by atoms with Gasteiger partial charge in [0.2, 0.25) is 0 Å². The molecule has 0 saturated heterocycles. The number of anilines is 2. The molecule has 0 aliphatic heterocycles. The molecular formula is C28H24N8O2S. The lowest BCUT2D eigenvalue weighted by molar-refractivity contribution is -0.384. The maximum atomic E-state index is 11.3. The minimum absolute atomic E-state index is 0.0620. The first-order valence-corrected chi connectivity index (χ1v) is 12.6. The van der Waals surface area contributed by atoms with Gasteiger partial charge in [-0.2, -0.15) is 9.64 Å². The Kier molecular flexibility index (Phi) is 8.50. The number of benzene rings is 2. The van der Waals surface area contributed by atoms with Crippen LogP contribution in [0.3, 0.4) is 0 Å². The minimum atomic E-state index is -0.468. The zero-order valence-electron chi connectivity index (χ0n) is 21.1. The van der Waals surface area contributed by atoms with Crippen LogP contribution in [-0.2, 0) is 6.42 Å². The number of pyridine rings is 1. The number of allylic oxidation sites excluding steroid dienone is 3.